The lowest BCUT2D eigenvalue weighted by molar-refractivity contribution is 0.171. The minimum atomic E-state index is -1.64. The van der Waals surface area contributed by atoms with E-state index < -0.39 is 29.4 Å². The van der Waals surface area contributed by atoms with E-state index in [1.165, 1.54) is 18.2 Å². The monoisotopic (exact) mass is 348 g/mol. The molecule has 0 heterocycles. The molecule has 106 valence electrons. The summed E-state index contributed by atoms with van der Waals surface area (Å²) in [5, 5.41) is 9.91. The Hall–Kier alpha value is -1.40. The summed E-state index contributed by atoms with van der Waals surface area (Å²) in [4.78, 5) is 0. The Balaban J connectivity index is 2.31. The van der Waals surface area contributed by atoms with Gasteiger partial charge in [0.15, 0.2) is 17.5 Å². The molecule has 2 aromatic rings. The van der Waals surface area contributed by atoms with Gasteiger partial charge in [0.1, 0.15) is 5.82 Å². The highest BCUT2D eigenvalue weighted by Crippen LogP contribution is 2.27. The fourth-order valence-corrected chi connectivity index (χ4v) is 2.22. The lowest BCUT2D eigenvalue weighted by atomic mass is 10.0. The van der Waals surface area contributed by atoms with E-state index >= 15 is 0 Å². The Kier molecular flexibility index (Phi) is 4.45. The molecule has 1 unspecified atom stereocenters. The van der Waals surface area contributed by atoms with E-state index in [9.17, 15) is 22.7 Å². The second-order valence-electron chi connectivity index (χ2n) is 4.22. The van der Waals surface area contributed by atoms with E-state index in [0.717, 1.165) is 12.1 Å². The zero-order valence-corrected chi connectivity index (χ0v) is 11.6. The number of aliphatic hydroxyl groups is 1. The van der Waals surface area contributed by atoms with Gasteiger partial charge in [0, 0.05) is 16.5 Å². The summed E-state index contributed by atoms with van der Waals surface area (Å²) >= 11 is 3.17. The van der Waals surface area contributed by atoms with Gasteiger partial charge in [0.05, 0.1) is 6.10 Å². The van der Waals surface area contributed by atoms with E-state index in [1.54, 1.807) is 0 Å². The number of rotatable bonds is 3. The van der Waals surface area contributed by atoms with Gasteiger partial charge in [0.2, 0.25) is 0 Å². The second-order valence-corrected chi connectivity index (χ2v) is 5.07. The van der Waals surface area contributed by atoms with Gasteiger partial charge in [-0.3, -0.25) is 0 Å². The zero-order chi connectivity index (χ0) is 14.9. The van der Waals surface area contributed by atoms with Gasteiger partial charge in [-0.2, -0.15) is 0 Å². The molecule has 0 radical (unpaired) electrons. The van der Waals surface area contributed by atoms with Crippen LogP contribution in [0.1, 0.15) is 17.2 Å². The molecule has 6 heteroatoms. The van der Waals surface area contributed by atoms with Crippen molar-refractivity contribution in [3.63, 3.8) is 0 Å². The van der Waals surface area contributed by atoms with Gasteiger partial charge in [-0.1, -0.05) is 22.0 Å². The van der Waals surface area contributed by atoms with Crippen molar-refractivity contribution in [2.24, 2.45) is 0 Å². The topological polar surface area (TPSA) is 20.2 Å². The number of aliphatic hydroxyl groups excluding tert-OH is 1. The molecule has 1 atom stereocenters. The third kappa shape index (κ3) is 3.02. The van der Waals surface area contributed by atoms with Crippen molar-refractivity contribution in [1.29, 1.82) is 0 Å². The smallest absolute Gasteiger partial charge is 0.194 e. The minimum absolute atomic E-state index is 0.139. The van der Waals surface area contributed by atoms with Gasteiger partial charge in [-0.05, 0) is 29.8 Å². The van der Waals surface area contributed by atoms with Crippen LogP contribution in [0.3, 0.4) is 0 Å². The van der Waals surface area contributed by atoms with E-state index in [0.29, 0.717) is 10.0 Å². The van der Waals surface area contributed by atoms with Crippen molar-refractivity contribution >= 4 is 15.9 Å². The molecule has 2 aromatic carbocycles. The third-order valence-corrected chi connectivity index (χ3v) is 3.62. The Morgan fingerprint density at radius 1 is 1.00 bits per heavy atom. The van der Waals surface area contributed by atoms with Gasteiger partial charge in [0.25, 0.3) is 0 Å². The Bertz CT molecular complexity index is 645. The maximum absolute atomic E-state index is 13.5. The molecular formula is C14H9BrF4O. The predicted octanol–water partition coefficient (Wildman–Crippen LogP) is 4.28. The van der Waals surface area contributed by atoms with Crippen molar-refractivity contribution in [2.45, 2.75) is 12.5 Å². The molecule has 1 nitrogen and oxygen atoms in total. The van der Waals surface area contributed by atoms with E-state index in [4.69, 9.17) is 0 Å². The first-order valence-corrected chi connectivity index (χ1v) is 6.45. The van der Waals surface area contributed by atoms with Crippen LogP contribution in [0.15, 0.2) is 34.8 Å². The van der Waals surface area contributed by atoms with E-state index in [2.05, 4.69) is 15.9 Å². The highest BCUT2D eigenvalue weighted by atomic mass is 79.9. The number of halogens is 5. The highest BCUT2D eigenvalue weighted by Gasteiger charge is 2.20. The van der Waals surface area contributed by atoms with Crippen LogP contribution in [-0.2, 0) is 6.42 Å². The lowest BCUT2D eigenvalue weighted by Gasteiger charge is -2.14. The lowest BCUT2D eigenvalue weighted by Crippen LogP contribution is -2.07. The number of hydrogen-bond donors (Lipinski definition) is 1. The molecule has 0 spiro atoms. The van der Waals surface area contributed by atoms with Crippen molar-refractivity contribution in [3.8, 4) is 0 Å². The second kappa shape index (κ2) is 5.93. The highest BCUT2D eigenvalue weighted by molar-refractivity contribution is 9.10. The Labute approximate surface area is 121 Å². The normalized spacial score (nSPS) is 12.5. The SMILES string of the molecule is OC(Cc1cc(F)ccc1Br)c1ccc(F)c(F)c1F. The summed E-state index contributed by atoms with van der Waals surface area (Å²) in [6.45, 7) is 0. The maximum Gasteiger partial charge on any atom is 0.194 e. The van der Waals surface area contributed by atoms with Crippen LogP contribution in [0.2, 0.25) is 0 Å². The molecule has 0 aromatic heterocycles. The zero-order valence-electron chi connectivity index (χ0n) is 10.0. The summed E-state index contributed by atoms with van der Waals surface area (Å²) < 4.78 is 53.1. The third-order valence-electron chi connectivity index (χ3n) is 2.85. The molecule has 20 heavy (non-hydrogen) atoms. The van der Waals surface area contributed by atoms with Gasteiger partial charge in [-0.25, -0.2) is 17.6 Å². The van der Waals surface area contributed by atoms with Crippen molar-refractivity contribution < 1.29 is 22.7 Å². The number of benzene rings is 2. The van der Waals surface area contributed by atoms with Crippen molar-refractivity contribution in [3.05, 3.63) is 69.2 Å². The average Bonchev–Trinajstić information content (AvgIpc) is 2.40. The molecule has 0 aliphatic heterocycles. The summed E-state index contributed by atoms with van der Waals surface area (Å²) in [6, 6.07) is 5.53. The molecule has 0 aliphatic carbocycles. The first kappa shape index (κ1) is 15.0. The van der Waals surface area contributed by atoms with Crippen LogP contribution in [0.4, 0.5) is 17.6 Å². The maximum atomic E-state index is 13.5. The fourth-order valence-electron chi connectivity index (χ4n) is 1.82. The van der Waals surface area contributed by atoms with E-state index in [1.807, 2.05) is 0 Å². The van der Waals surface area contributed by atoms with Gasteiger partial charge >= 0.3 is 0 Å². The van der Waals surface area contributed by atoms with Crippen molar-refractivity contribution in [1.82, 2.24) is 0 Å². The standard InChI is InChI=1S/C14H9BrF4O/c15-10-3-1-8(16)5-7(10)6-12(20)9-2-4-11(17)14(19)13(9)18/h1-5,12,20H,6H2. The van der Waals surface area contributed by atoms with Crippen LogP contribution in [0.5, 0.6) is 0 Å². The molecule has 0 aliphatic rings. The Morgan fingerprint density at radius 2 is 1.70 bits per heavy atom. The van der Waals surface area contributed by atoms with Crippen LogP contribution in [0, 0.1) is 23.3 Å². The van der Waals surface area contributed by atoms with Crippen LogP contribution >= 0.6 is 15.9 Å². The minimum Gasteiger partial charge on any atom is -0.388 e. The Morgan fingerprint density at radius 3 is 2.40 bits per heavy atom. The van der Waals surface area contributed by atoms with E-state index in [-0.39, 0.29) is 12.0 Å². The summed E-state index contributed by atoms with van der Waals surface area (Å²) in [5.41, 5.74) is 0.0155. The first-order valence-electron chi connectivity index (χ1n) is 5.65. The molecule has 1 N–H and O–H groups in total. The molecule has 2 rings (SSSR count). The molecule has 0 saturated carbocycles. The number of hydrogen-bond acceptors (Lipinski definition) is 1. The summed E-state index contributed by atoms with van der Waals surface area (Å²) in [6.07, 6.45) is -1.55. The molecular weight excluding hydrogens is 340 g/mol. The van der Waals surface area contributed by atoms with Gasteiger partial charge < -0.3 is 5.11 Å². The fraction of sp³-hybridized carbons (Fsp3) is 0.143. The molecule has 0 fully saturated rings. The molecule has 0 amide bonds. The average molecular weight is 349 g/mol. The molecule has 0 saturated heterocycles. The summed E-state index contributed by atoms with van der Waals surface area (Å²) in [7, 11) is 0. The van der Waals surface area contributed by atoms with Crippen LogP contribution in [-0.4, -0.2) is 5.11 Å². The van der Waals surface area contributed by atoms with Crippen LogP contribution in [0.25, 0.3) is 0 Å². The first-order chi connectivity index (χ1) is 9.40. The van der Waals surface area contributed by atoms with Crippen LogP contribution < -0.4 is 0 Å². The van der Waals surface area contributed by atoms with Gasteiger partial charge in [-0.15, -0.1) is 0 Å². The predicted molar refractivity (Wildman–Crippen MR) is 69.1 cm³/mol. The quantitative estimate of drug-likeness (QED) is 0.648. The summed E-state index contributed by atoms with van der Waals surface area (Å²) in [5.74, 6) is -4.92. The molecule has 0 bridgehead atoms. The largest absolute Gasteiger partial charge is 0.388 e. The van der Waals surface area contributed by atoms with Crippen molar-refractivity contribution in [2.75, 3.05) is 0 Å².